The fraction of sp³-hybridized carbons (Fsp3) is 0.500. The summed E-state index contributed by atoms with van der Waals surface area (Å²) in [5.41, 5.74) is 7.40. The van der Waals surface area contributed by atoms with E-state index in [2.05, 4.69) is 11.2 Å². The van der Waals surface area contributed by atoms with Crippen molar-refractivity contribution in [3.05, 3.63) is 23.0 Å². The monoisotopic (exact) mass is 313 g/mol. The summed E-state index contributed by atoms with van der Waals surface area (Å²) in [5, 5.41) is 0.0857. The molecule has 6 heteroatoms. The normalized spacial score (nSPS) is 17.9. The number of thioether (sulfide) groups is 1. The summed E-state index contributed by atoms with van der Waals surface area (Å²) in [6.07, 6.45) is 6.96. The topological polar surface area (TPSA) is 43.8 Å². The maximum absolute atomic E-state index is 13.7. The van der Waals surface area contributed by atoms with Gasteiger partial charge in [0.1, 0.15) is 5.82 Å². The molecule has 2 N–H and O–H groups in total. The number of benzene rings is 1. The van der Waals surface area contributed by atoms with Gasteiger partial charge in [-0.2, -0.15) is 11.8 Å². The van der Waals surface area contributed by atoms with Gasteiger partial charge in [-0.05, 0) is 25.2 Å². The maximum atomic E-state index is 13.7. The predicted octanol–water partition coefficient (Wildman–Crippen LogP) is 4.09. The minimum atomic E-state index is -0.426. The number of imidazole rings is 1. The molecule has 0 amide bonds. The molecule has 1 aromatic carbocycles. The van der Waals surface area contributed by atoms with Crippen LogP contribution in [0.3, 0.4) is 0 Å². The molecule has 0 aliphatic heterocycles. The number of nitrogens with two attached hydrogens (primary N) is 1. The van der Waals surface area contributed by atoms with E-state index in [1.807, 2.05) is 16.3 Å². The second-order valence-corrected chi connectivity index (χ2v) is 7.09. The van der Waals surface area contributed by atoms with Gasteiger partial charge in [0.15, 0.2) is 0 Å². The van der Waals surface area contributed by atoms with Crippen LogP contribution in [0.1, 0.15) is 25.7 Å². The first-order valence-electron chi connectivity index (χ1n) is 6.71. The van der Waals surface area contributed by atoms with Crippen molar-refractivity contribution in [1.29, 1.82) is 0 Å². The minimum Gasteiger partial charge on any atom is -0.369 e. The lowest BCUT2D eigenvalue weighted by atomic mass is 10.1. The summed E-state index contributed by atoms with van der Waals surface area (Å²) >= 11 is 7.68. The number of hydrogen-bond donors (Lipinski definition) is 1. The quantitative estimate of drug-likeness (QED) is 0.928. The Hall–Kier alpha value is -0.940. The average molecular weight is 314 g/mol. The van der Waals surface area contributed by atoms with Gasteiger partial charge >= 0.3 is 0 Å². The smallest absolute Gasteiger partial charge is 0.201 e. The van der Waals surface area contributed by atoms with E-state index in [-0.39, 0.29) is 9.77 Å². The van der Waals surface area contributed by atoms with Gasteiger partial charge in [-0.1, -0.05) is 24.4 Å². The van der Waals surface area contributed by atoms with E-state index in [9.17, 15) is 4.39 Å². The lowest BCUT2D eigenvalue weighted by Gasteiger charge is -2.27. The standard InChI is InChI=1S/C14H17ClFN3S/c1-20-14(4-2-3-5-14)8-19-12-7-10(16)9(15)6-11(12)18-13(19)17/h6-7H,2-5,8H2,1H3,(H2,17,18). The van der Waals surface area contributed by atoms with E-state index >= 15 is 0 Å². The highest BCUT2D eigenvalue weighted by molar-refractivity contribution is 8.00. The summed E-state index contributed by atoms with van der Waals surface area (Å²) in [4.78, 5) is 4.30. The van der Waals surface area contributed by atoms with E-state index in [1.54, 1.807) is 6.07 Å². The maximum Gasteiger partial charge on any atom is 0.201 e. The molecule has 0 bridgehead atoms. The number of nitrogens with zero attached hydrogens (tertiary/aromatic N) is 2. The molecule has 1 aliphatic carbocycles. The zero-order valence-electron chi connectivity index (χ0n) is 11.3. The molecule has 1 fully saturated rings. The van der Waals surface area contributed by atoms with Crippen LogP contribution in [-0.4, -0.2) is 20.6 Å². The molecule has 1 heterocycles. The largest absolute Gasteiger partial charge is 0.369 e. The third-order valence-electron chi connectivity index (χ3n) is 4.21. The third kappa shape index (κ3) is 2.27. The number of fused-ring (bicyclic) bond motifs is 1. The molecule has 3 rings (SSSR count). The Bertz CT molecular complexity index is 649. The number of anilines is 1. The van der Waals surface area contributed by atoms with Gasteiger partial charge in [0, 0.05) is 17.4 Å². The van der Waals surface area contributed by atoms with Gasteiger partial charge in [0.05, 0.1) is 16.1 Å². The zero-order valence-corrected chi connectivity index (χ0v) is 12.9. The van der Waals surface area contributed by atoms with Crippen molar-refractivity contribution in [3.63, 3.8) is 0 Å². The average Bonchev–Trinajstić information content (AvgIpc) is 2.99. The Morgan fingerprint density at radius 1 is 1.45 bits per heavy atom. The minimum absolute atomic E-state index is 0.0857. The molecular formula is C14H17ClFN3S. The number of nitrogen functional groups attached to an aromatic ring is 1. The van der Waals surface area contributed by atoms with Crippen LogP contribution in [-0.2, 0) is 6.54 Å². The zero-order chi connectivity index (χ0) is 14.3. The van der Waals surface area contributed by atoms with E-state index in [1.165, 1.54) is 31.7 Å². The van der Waals surface area contributed by atoms with Crippen LogP contribution in [0.5, 0.6) is 0 Å². The van der Waals surface area contributed by atoms with Crippen LogP contribution in [0.2, 0.25) is 5.02 Å². The van der Waals surface area contributed by atoms with Crippen molar-refractivity contribution < 1.29 is 4.39 Å². The van der Waals surface area contributed by atoms with Crippen molar-refractivity contribution in [2.75, 3.05) is 12.0 Å². The van der Waals surface area contributed by atoms with Crippen molar-refractivity contribution in [1.82, 2.24) is 9.55 Å². The Kier molecular flexibility index (Phi) is 3.58. The fourth-order valence-electron chi connectivity index (χ4n) is 3.04. The number of halogens is 2. The molecule has 0 radical (unpaired) electrons. The van der Waals surface area contributed by atoms with Gasteiger partial charge in [0.25, 0.3) is 0 Å². The van der Waals surface area contributed by atoms with E-state index in [4.69, 9.17) is 17.3 Å². The summed E-state index contributed by atoms with van der Waals surface area (Å²) in [6, 6.07) is 2.98. The summed E-state index contributed by atoms with van der Waals surface area (Å²) < 4.78 is 15.8. The van der Waals surface area contributed by atoms with Gasteiger partial charge in [-0.25, -0.2) is 9.37 Å². The molecule has 0 atom stereocenters. The predicted molar refractivity (Wildman–Crippen MR) is 83.8 cm³/mol. The first-order chi connectivity index (χ1) is 9.54. The molecular weight excluding hydrogens is 297 g/mol. The van der Waals surface area contributed by atoms with E-state index in [0.717, 1.165) is 12.1 Å². The van der Waals surface area contributed by atoms with Crippen LogP contribution in [0.15, 0.2) is 12.1 Å². The second kappa shape index (κ2) is 5.11. The van der Waals surface area contributed by atoms with E-state index in [0.29, 0.717) is 11.5 Å². The first-order valence-corrected chi connectivity index (χ1v) is 8.31. The summed E-state index contributed by atoms with van der Waals surface area (Å²) in [6.45, 7) is 0.775. The molecule has 3 nitrogen and oxygen atoms in total. The van der Waals surface area contributed by atoms with Crippen LogP contribution >= 0.6 is 23.4 Å². The van der Waals surface area contributed by atoms with Crippen LogP contribution in [0.4, 0.5) is 10.3 Å². The van der Waals surface area contributed by atoms with Crippen molar-refractivity contribution in [2.45, 2.75) is 37.0 Å². The summed E-state index contributed by atoms with van der Waals surface area (Å²) in [7, 11) is 0. The Morgan fingerprint density at radius 2 is 2.15 bits per heavy atom. The molecule has 1 aliphatic rings. The second-order valence-electron chi connectivity index (χ2n) is 5.41. The lowest BCUT2D eigenvalue weighted by Crippen LogP contribution is -2.27. The third-order valence-corrected chi connectivity index (χ3v) is 5.91. The van der Waals surface area contributed by atoms with Crippen molar-refractivity contribution in [3.8, 4) is 0 Å². The molecule has 0 saturated heterocycles. The van der Waals surface area contributed by atoms with Crippen LogP contribution < -0.4 is 5.73 Å². The number of aromatic nitrogens is 2. The van der Waals surface area contributed by atoms with Gasteiger partial charge in [-0.15, -0.1) is 0 Å². The molecule has 0 spiro atoms. The highest BCUT2D eigenvalue weighted by Gasteiger charge is 2.34. The van der Waals surface area contributed by atoms with Gasteiger partial charge in [0.2, 0.25) is 5.95 Å². The molecule has 2 aromatic rings. The molecule has 1 aromatic heterocycles. The molecule has 20 heavy (non-hydrogen) atoms. The first kappa shape index (κ1) is 14.0. The highest BCUT2D eigenvalue weighted by Crippen LogP contribution is 2.42. The SMILES string of the molecule is CSC1(Cn2c(N)nc3cc(Cl)c(F)cc32)CCCC1. The molecule has 108 valence electrons. The Morgan fingerprint density at radius 3 is 2.80 bits per heavy atom. The Labute approximate surface area is 126 Å². The van der Waals surface area contributed by atoms with Gasteiger partial charge < -0.3 is 10.3 Å². The lowest BCUT2D eigenvalue weighted by molar-refractivity contribution is 0.517. The highest BCUT2D eigenvalue weighted by atomic mass is 35.5. The van der Waals surface area contributed by atoms with E-state index < -0.39 is 5.82 Å². The number of rotatable bonds is 3. The molecule has 0 unspecified atom stereocenters. The summed E-state index contributed by atoms with van der Waals surface area (Å²) in [5.74, 6) is 0.00642. The van der Waals surface area contributed by atoms with Crippen molar-refractivity contribution >= 4 is 40.3 Å². The fourth-order valence-corrected chi connectivity index (χ4v) is 4.15. The van der Waals surface area contributed by atoms with Crippen LogP contribution in [0, 0.1) is 5.82 Å². The molecule has 1 saturated carbocycles. The van der Waals surface area contributed by atoms with Crippen molar-refractivity contribution in [2.24, 2.45) is 0 Å². The number of hydrogen-bond acceptors (Lipinski definition) is 3. The van der Waals surface area contributed by atoms with Gasteiger partial charge in [-0.3, -0.25) is 0 Å². The van der Waals surface area contributed by atoms with Crippen LogP contribution in [0.25, 0.3) is 11.0 Å². The Balaban J connectivity index is 2.06.